The van der Waals surface area contributed by atoms with Gasteiger partial charge in [0.25, 0.3) is 6.47 Å². The van der Waals surface area contributed by atoms with Crippen molar-refractivity contribution in [3.63, 3.8) is 0 Å². The zero-order valence-corrected chi connectivity index (χ0v) is 16.6. The fraction of sp³-hybridized carbons (Fsp3) is 0.0769. The Labute approximate surface area is 179 Å². The summed E-state index contributed by atoms with van der Waals surface area (Å²) in [5.41, 5.74) is 5.01. The highest BCUT2D eigenvalue weighted by Crippen LogP contribution is 2.44. The van der Waals surface area contributed by atoms with E-state index < -0.39 is 6.09 Å². The number of carbonyl (C=O) groups excluding carboxylic acids is 2. The van der Waals surface area contributed by atoms with Crippen LogP contribution >= 0.6 is 0 Å². The van der Waals surface area contributed by atoms with E-state index in [0.29, 0.717) is 17.9 Å². The van der Waals surface area contributed by atoms with Crippen LogP contribution in [0, 0.1) is 0 Å². The molecular formula is C26H19NO4. The van der Waals surface area contributed by atoms with Gasteiger partial charge < -0.3 is 9.47 Å². The third kappa shape index (κ3) is 3.40. The Morgan fingerprint density at radius 1 is 0.839 bits per heavy atom. The van der Waals surface area contributed by atoms with Crippen LogP contribution in [0.4, 0.5) is 10.5 Å². The summed E-state index contributed by atoms with van der Waals surface area (Å²) in [7, 11) is 0. The Morgan fingerprint density at radius 2 is 1.48 bits per heavy atom. The van der Waals surface area contributed by atoms with Gasteiger partial charge in [-0.15, -0.1) is 0 Å². The zero-order chi connectivity index (χ0) is 21.2. The number of hydrogen-bond acceptors (Lipinski definition) is 4. The average molecular weight is 409 g/mol. The summed E-state index contributed by atoms with van der Waals surface area (Å²) in [6.45, 7) is 0.558. The van der Waals surface area contributed by atoms with Crippen molar-refractivity contribution >= 4 is 29.0 Å². The molecule has 0 saturated carbocycles. The number of amides is 1. The van der Waals surface area contributed by atoms with Crippen molar-refractivity contribution in [2.75, 3.05) is 11.9 Å². The summed E-state index contributed by atoms with van der Waals surface area (Å²) in [4.78, 5) is 23.6. The molecule has 1 aliphatic carbocycles. The van der Waals surface area contributed by atoms with Crippen LogP contribution in [0.5, 0.6) is 5.75 Å². The van der Waals surface area contributed by atoms with Crippen LogP contribution in [0.15, 0.2) is 84.9 Å². The lowest BCUT2D eigenvalue weighted by molar-refractivity contribution is -0.120. The highest BCUT2D eigenvalue weighted by molar-refractivity contribution is 5.98. The molecule has 5 nitrogen and oxygen atoms in total. The molecule has 152 valence electrons. The van der Waals surface area contributed by atoms with Crippen molar-refractivity contribution in [3.05, 3.63) is 96.1 Å². The van der Waals surface area contributed by atoms with Gasteiger partial charge in [0.2, 0.25) is 0 Å². The van der Waals surface area contributed by atoms with Gasteiger partial charge in [0.05, 0.1) is 5.69 Å². The minimum absolute atomic E-state index is 0.0274. The van der Waals surface area contributed by atoms with Gasteiger partial charge in [-0.2, -0.15) is 0 Å². The van der Waals surface area contributed by atoms with Gasteiger partial charge in [-0.3, -0.25) is 10.1 Å². The van der Waals surface area contributed by atoms with E-state index in [4.69, 9.17) is 9.47 Å². The van der Waals surface area contributed by atoms with E-state index in [1.54, 1.807) is 6.07 Å². The highest BCUT2D eigenvalue weighted by Gasteiger charge is 2.29. The van der Waals surface area contributed by atoms with Crippen molar-refractivity contribution in [1.29, 1.82) is 0 Å². The van der Waals surface area contributed by atoms with E-state index in [0.717, 1.165) is 21.9 Å². The lowest BCUT2D eigenvalue weighted by Gasteiger charge is -2.16. The minimum atomic E-state index is -0.604. The molecular weight excluding hydrogens is 390 g/mol. The number of hydrogen-bond donors (Lipinski definition) is 1. The lowest BCUT2D eigenvalue weighted by Crippen LogP contribution is -2.18. The number of carbonyl (C=O) groups is 2. The minimum Gasteiger partial charge on any atom is -0.448 e. The molecule has 4 aromatic carbocycles. The number of fused-ring (bicyclic) bond motifs is 4. The summed E-state index contributed by atoms with van der Waals surface area (Å²) in [6.07, 6.45) is -0.604. The first-order chi connectivity index (χ1) is 15.3. The van der Waals surface area contributed by atoms with Crippen LogP contribution in [0.25, 0.3) is 21.9 Å². The molecule has 1 N–H and O–H groups in total. The number of rotatable bonds is 5. The predicted molar refractivity (Wildman–Crippen MR) is 119 cm³/mol. The van der Waals surface area contributed by atoms with Crippen molar-refractivity contribution in [3.8, 4) is 16.9 Å². The quantitative estimate of drug-likeness (QED) is 0.427. The van der Waals surface area contributed by atoms with Crippen LogP contribution in [0.3, 0.4) is 0 Å². The summed E-state index contributed by atoms with van der Waals surface area (Å²) >= 11 is 0. The maximum Gasteiger partial charge on any atom is 0.411 e. The second-order valence-corrected chi connectivity index (χ2v) is 7.33. The van der Waals surface area contributed by atoms with Gasteiger partial charge in [-0.05, 0) is 33.7 Å². The van der Waals surface area contributed by atoms with Gasteiger partial charge >= 0.3 is 6.09 Å². The Morgan fingerprint density at radius 3 is 2.19 bits per heavy atom. The molecule has 0 bridgehead atoms. The second kappa shape index (κ2) is 7.95. The molecule has 0 aliphatic heterocycles. The Hall–Kier alpha value is -4.12. The highest BCUT2D eigenvalue weighted by atomic mass is 16.5. The molecule has 0 fully saturated rings. The molecule has 0 radical (unpaired) electrons. The van der Waals surface area contributed by atoms with Crippen molar-refractivity contribution < 1.29 is 19.1 Å². The number of ether oxygens (including phenoxy) is 2. The molecule has 1 amide bonds. The van der Waals surface area contributed by atoms with Crippen LogP contribution in [0.1, 0.15) is 17.0 Å². The average Bonchev–Trinajstić information content (AvgIpc) is 3.13. The number of anilines is 1. The predicted octanol–water partition coefficient (Wildman–Crippen LogP) is 5.74. The van der Waals surface area contributed by atoms with E-state index in [1.807, 2.05) is 54.6 Å². The van der Waals surface area contributed by atoms with Crippen molar-refractivity contribution in [2.24, 2.45) is 0 Å². The summed E-state index contributed by atoms with van der Waals surface area (Å²) in [6, 6.07) is 27.4. The molecule has 0 aromatic heterocycles. The fourth-order valence-electron chi connectivity index (χ4n) is 4.26. The van der Waals surface area contributed by atoms with Gasteiger partial charge in [0.15, 0.2) is 5.75 Å². The first-order valence-electron chi connectivity index (χ1n) is 10.0. The van der Waals surface area contributed by atoms with E-state index in [9.17, 15) is 9.59 Å². The largest absolute Gasteiger partial charge is 0.448 e. The normalized spacial score (nSPS) is 12.1. The summed E-state index contributed by atoms with van der Waals surface area (Å²) < 4.78 is 10.8. The third-order valence-electron chi connectivity index (χ3n) is 5.63. The molecule has 5 heteroatoms. The maximum absolute atomic E-state index is 12.6. The van der Waals surface area contributed by atoms with E-state index in [2.05, 4.69) is 29.6 Å². The molecule has 1 aliphatic rings. The molecule has 0 saturated heterocycles. The second-order valence-electron chi connectivity index (χ2n) is 7.33. The van der Waals surface area contributed by atoms with Crippen LogP contribution in [-0.2, 0) is 9.53 Å². The molecule has 31 heavy (non-hydrogen) atoms. The Bertz CT molecular complexity index is 1250. The van der Waals surface area contributed by atoms with E-state index >= 15 is 0 Å². The molecule has 0 spiro atoms. The Balaban J connectivity index is 1.37. The molecule has 0 atom stereocenters. The monoisotopic (exact) mass is 409 g/mol. The smallest absolute Gasteiger partial charge is 0.411 e. The van der Waals surface area contributed by atoms with Crippen molar-refractivity contribution in [2.45, 2.75) is 5.92 Å². The summed E-state index contributed by atoms with van der Waals surface area (Å²) in [5, 5.41) is 4.34. The number of nitrogens with one attached hydrogen (secondary N) is 1. The molecule has 5 rings (SSSR count). The maximum atomic E-state index is 12.6. The van der Waals surface area contributed by atoms with Crippen molar-refractivity contribution in [1.82, 2.24) is 0 Å². The fourth-order valence-corrected chi connectivity index (χ4v) is 4.26. The van der Waals surface area contributed by atoms with Crippen LogP contribution in [0.2, 0.25) is 0 Å². The molecule has 0 unspecified atom stereocenters. The third-order valence-corrected chi connectivity index (χ3v) is 5.63. The van der Waals surface area contributed by atoms with Gasteiger partial charge in [0.1, 0.15) is 6.61 Å². The lowest BCUT2D eigenvalue weighted by atomic mass is 9.98. The van der Waals surface area contributed by atoms with Gasteiger partial charge in [-0.1, -0.05) is 78.9 Å². The first kappa shape index (κ1) is 18.9. The topological polar surface area (TPSA) is 64.6 Å². The Kier molecular flexibility index (Phi) is 4.84. The standard InChI is InChI=1S/C26H19NO4/c28-16-31-25-18-8-2-1-7-17(18)13-14-24(25)27-26(29)30-15-23-21-11-5-3-9-19(21)20-10-4-6-12-22(20)23/h1-14,16,23H,15H2,(H,27,29). The molecule has 4 aromatic rings. The number of benzene rings is 4. The van der Waals surface area contributed by atoms with Crippen LogP contribution in [-0.4, -0.2) is 19.2 Å². The van der Waals surface area contributed by atoms with Gasteiger partial charge in [0, 0.05) is 11.3 Å². The zero-order valence-electron chi connectivity index (χ0n) is 16.6. The van der Waals surface area contributed by atoms with Gasteiger partial charge in [-0.25, -0.2) is 4.79 Å². The summed E-state index contributed by atoms with van der Waals surface area (Å²) in [5.74, 6) is 0.266. The molecule has 0 heterocycles. The van der Waals surface area contributed by atoms with Crippen LogP contribution < -0.4 is 10.1 Å². The van der Waals surface area contributed by atoms with E-state index in [-0.39, 0.29) is 12.5 Å². The SMILES string of the molecule is O=COc1c(NC(=O)OCC2c3ccccc3-c3ccccc32)ccc2ccccc12. The van der Waals surface area contributed by atoms with E-state index in [1.165, 1.54) is 11.1 Å². The first-order valence-corrected chi connectivity index (χ1v) is 10.0.